The number of rotatable bonds is 4. The molecule has 21 heavy (non-hydrogen) atoms. The maximum Gasteiger partial charge on any atom is 0.354 e. The first-order valence-corrected chi connectivity index (χ1v) is 6.53. The molecule has 0 atom stereocenters. The van der Waals surface area contributed by atoms with Crippen molar-refractivity contribution in [2.24, 2.45) is 5.10 Å². The van der Waals surface area contributed by atoms with Gasteiger partial charge in [0, 0.05) is 6.07 Å². The van der Waals surface area contributed by atoms with Gasteiger partial charge < -0.3 is 9.15 Å². The quantitative estimate of drug-likeness (QED) is 0.531. The van der Waals surface area contributed by atoms with Crippen LogP contribution in [0.1, 0.15) is 19.4 Å². The third-order valence-electron chi connectivity index (χ3n) is 2.92. The number of fused-ring (bicyclic) bond motifs is 1. The molecule has 110 valence electrons. The molecule has 0 bridgehead atoms. The molecule has 1 aromatic heterocycles. The van der Waals surface area contributed by atoms with Gasteiger partial charge in [-0.05, 0) is 32.4 Å². The summed E-state index contributed by atoms with van der Waals surface area (Å²) in [6.45, 7) is 5.38. The predicted molar refractivity (Wildman–Crippen MR) is 80.6 cm³/mol. The fraction of sp³-hybridized carbons (Fsp3) is 0.267. The van der Waals surface area contributed by atoms with Crippen molar-refractivity contribution in [2.45, 2.75) is 20.8 Å². The van der Waals surface area contributed by atoms with Gasteiger partial charge >= 0.3 is 5.97 Å². The van der Waals surface area contributed by atoms with Crippen molar-refractivity contribution < 1.29 is 13.9 Å². The first kappa shape index (κ1) is 14.8. The van der Waals surface area contributed by atoms with Gasteiger partial charge in [-0.15, -0.1) is 0 Å². The van der Waals surface area contributed by atoms with Crippen molar-refractivity contribution in [3.05, 3.63) is 40.2 Å². The molecule has 2 aromatic rings. The summed E-state index contributed by atoms with van der Waals surface area (Å²) in [5.41, 5.74) is 4.54. The van der Waals surface area contributed by atoms with Crippen molar-refractivity contribution >= 4 is 28.3 Å². The molecule has 1 heterocycles. The molecular weight excluding hydrogens is 272 g/mol. The summed E-state index contributed by atoms with van der Waals surface area (Å²) in [5.74, 6) is -0.506. The molecule has 0 amide bonds. The molecule has 1 N–H and O–H groups in total. The van der Waals surface area contributed by atoms with Crippen molar-refractivity contribution in [3.8, 4) is 0 Å². The highest BCUT2D eigenvalue weighted by Gasteiger charge is 2.10. The van der Waals surface area contributed by atoms with Crippen LogP contribution in [-0.2, 0) is 9.53 Å². The largest absolute Gasteiger partial charge is 0.464 e. The summed E-state index contributed by atoms with van der Waals surface area (Å²) < 4.78 is 10.2. The van der Waals surface area contributed by atoms with E-state index in [9.17, 15) is 9.59 Å². The smallest absolute Gasteiger partial charge is 0.354 e. The number of benzene rings is 1. The molecule has 0 aliphatic carbocycles. The summed E-state index contributed by atoms with van der Waals surface area (Å²) >= 11 is 0. The van der Waals surface area contributed by atoms with Gasteiger partial charge in [0.1, 0.15) is 11.3 Å². The van der Waals surface area contributed by atoms with Gasteiger partial charge in [-0.25, -0.2) is 4.79 Å². The van der Waals surface area contributed by atoms with Gasteiger partial charge in [-0.3, -0.25) is 10.2 Å². The van der Waals surface area contributed by atoms with Crippen LogP contribution in [0.4, 0.5) is 5.69 Å². The van der Waals surface area contributed by atoms with Crippen LogP contribution in [0.25, 0.3) is 11.0 Å². The van der Waals surface area contributed by atoms with Gasteiger partial charge in [0.15, 0.2) is 5.43 Å². The second-order valence-electron chi connectivity index (χ2n) is 4.45. The molecule has 0 spiro atoms. The summed E-state index contributed by atoms with van der Waals surface area (Å²) in [7, 11) is 0. The van der Waals surface area contributed by atoms with Crippen LogP contribution in [0, 0.1) is 6.92 Å². The zero-order valence-electron chi connectivity index (χ0n) is 12.1. The van der Waals surface area contributed by atoms with Gasteiger partial charge in [-0.2, -0.15) is 5.10 Å². The van der Waals surface area contributed by atoms with E-state index in [0.29, 0.717) is 16.7 Å². The Labute approximate surface area is 121 Å². The number of carbonyl (C=O) groups excluding carboxylic acids is 1. The zero-order valence-corrected chi connectivity index (χ0v) is 12.1. The lowest BCUT2D eigenvalue weighted by molar-refractivity contribution is -0.135. The molecule has 0 aliphatic rings. The van der Waals surface area contributed by atoms with Crippen LogP contribution in [-0.4, -0.2) is 18.3 Å². The molecule has 0 fully saturated rings. The predicted octanol–water partition coefficient (Wildman–Crippen LogP) is 2.45. The molecule has 0 unspecified atom stereocenters. The van der Waals surface area contributed by atoms with E-state index >= 15 is 0 Å². The summed E-state index contributed by atoms with van der Waals surface area (Å²) in [6.07, 6.45) is 1.36. The van der Waals surface area contributed by atoms with E-state index in [1.807, 2.05) is 13.0 Å². The van der Waals surface area contributed by atoms with Crippen LogP contribution in [0.2, 0.25) is 0 Å². The lowest BCUT2D eigenvalue weighted by Gasteiger charge is -2.07. The Kier molecular flexibility index (Phi) is 4.37. The van der Waals surface area contributed by atoms with Crippen molar-refractivity contribution in [3.63, 3.8) is 0 Å². The maximum atomic E-state index is 12.0. The average Bonchev–Trinajstić information content (AvgIpc) is 2.47. The monoisotopic (exact) mass is 288 g/mol. The average molecular weight is 288 g/mol. The number of hydrogen-bond acceptors (Lipinski definition) is 6. The first-order valence-electron chi connectivity index (χ1n) is 6.53. The number of nitrogens with zero attached hydrogens (tertiary/aromatic N) is 1. The first-order chi connectivity index (χ1) is 10.0. The van der Waals surface area contributed by atoms with Crippen LogP contribution in [0.3, 0.4) is 0 Å². The number of nitrogens with one attached hydrogen (secondary N) is 1. The minimum atomic E-state index is -0.506. The summed E-state index contributed by atoms with van der Waals surface area (Å²) in [4.78, 5) is 23.5. The highest BCUT2D eigenvalue weighted by molar-refractivity contribution is 6.35. The number of hydrogen-bond donors (Lipinski definition) is 1. The SMILES string of the molecule is CCOC(=O)/C(C)=N/Nc1ccc(C)c2occc(=O)c12. The van der Waals surface area contributed by atoms with Gasteiger partial charge in [0.2, 0.25) is 0 Å². The Balaban J connectivity index is 2.40. The van der Waals surface area contributed by atoms with E-state index in [4.69, 9.17) is 9.15 Å². The number of hydrazone groups is 1. The summed E-state index contributed by atoms with van der Waals surface area (Å²) in [6, 6.07) is 4.87. The molecule has 0 saturated carbocycles. The van der Waals surface area contributed by atoms with Gasteiger partial charge in [-0.1, -0.05) is 6.07 Å². The number of aryl methyl sites for hydroxylation is 1. The molecule has 6 heteroatoms. The lowest BCUT2D eigenvalue weighted by atomic mass is 10.1. The Morgan fingerprint density at radius 3 is 2.86 bits per heavy atom. The number of carbonyl (C=O) groups is 1. The molecule has 6 nitrogen and oxygen atoms in total. The molecule has 2 rings (SSSR count). The highest BCUT2D eigenvalue weighted by atomic mass is 16.5. The van der Waals surface area contributed by atoms with E-state index in [2.05, 4.69) is 10.5 Å². The Morgan fingerprint density at radius 2 is 2.14 bits per heavy atom. The fourth-order valence-corrected chi connectivity index (χ4v) is 1.85. The zero-order chi connectivity index (χ0) is 15.4. The third-order valence-corrected chi connectivity index (χ3v) is 2.92. The van der Waals surface area contributed by atoms with Crippen LogP contribution >= 0.6 is 0 Å². The molecule has 0 radical (unpaired) electrons. The second kappa shape index (κ2) is 6.21. The van der Waals surface area contributed by atoms with Crippen LogP contribution in [0.5, 0.6) is 0 Å². The second-order valence-corrected chi connectivity index (χ2v) is 4.45. The minimum Gasteiger partial charge on any atom is -0.464 e. The Hall–Kier alpha value is -2.63. The number of anilines is 1. The van der Waals surface area contributed by atoms with Crippen molar-refractivity contribution in [2.75, 3.05) is 12.0 Å². The van der Waals surface area contributed by atoms with Crippen LogP contribution < -0.4 is 10.9 Å². The number of esters is 1. The van der Waals surface area contributed by atoms with E-state index < -0.39 is 5.97 Å². The van der Waals surface area contributed by atoms with Crippen molar-refractivity contribution in [1.82, 2.24) is 0 Å². The molecular formula is C15H16N2O4. The Morgan fingerprint density at radius 1 is 1.38 bits per heavy atom. The minimum absolute atomic E-state index is 0.172. The van der Waals surface area contributed by atoms with Gasteiger partial charge in [0.25, 0.3) is 0 Å². The molecule has 1 aromatic carbocycles. The normalized spacial score (nSPS) is 11.5. The van der Waals surface area contributed by atoms with E-state index in [0.717, 1.165) is 5.56 Å². The fourth-order valence-electron chi connectivity index (χ4n) is 1.85. The maximum absolute atomic E-state index is 12.0. The van der Waals surface area contributed by atoms with E-state index in [1.165, 1.54) is 19.3 Å². The summed E-state index contributed by atoms with van der Waals surface area (Å²) in [5, 5.41) is 4.35. The standard InChI is InChI=1S/C15H16N2O4/c1-4-20-15(19)10(3)16-17-11-6-5-9(2)14-13(11)12(18)7-8-21-14/h5-8,17H,4H2,1-3H3/b16-10+. The number of ether oxygens (including phenoxy) is 1. The van der Waals surface area contributed by atoms with E-state index in [1.54, 1.807) is 13.0 Å². The third kappa shape index (κ3) is 3.10. The topological polar surface area (TPSA) is 80.9 Å². The molecule has 0 aliphatic heterocycles. The van der Waals surface area contributed by atoms with Crippen molar-refractivity contribution in [1.29, 1.82) is 0 Å². The van der Waals surface area contributed by atoms with Gasteiger partial charge in [0.05, 0.1) is 23.9 Å². The van der Waals surface area contributed by atoms with E-state index in [-0.39, 0.29) is 17.7 Å². The molecule has 0 saturated heterocycles. The highest BCUT2D eigenvalue weighted by Crippen LogP contribution is 2.23. The van der Waals surface area contributed by atoms with Crippen LogP contribution in [0.15, 0.2) is 38.8 Å². The lowest BCUT2D eigenvalue weighted by Crippen LogP contribution is -2.15. The Bertz CT molecular complexity index is 762.